The summed E-state index contributed by atoms with van der Waals surface area (Å²) >= 11 is 0. The molecule has 1 N–H and O–H groups in total. The summed E-state index contributed by atoms with van der Waals surface area (Å²) in [6, 6.07) is 3.92. The number of rotatable bonds is 4. The number of carbonyl (C=O) groups is 1. The fourth-order valence-electron chi connectivity index (χ4n) is 3.23. The van der Waals surface area contributed by atoms with Gasteiger partial charge in [0.25, 0.3) is 0 Å². The second kappa shape index (κ2) is 5.96. The van der Waals surface area contributed by atoms with E-state index in [4.69, 9.17) is 9.47 Å². The highest BCUT2D eigenvalue weighted by atomic mass is 16.5. The molecule has 1 aromatic carbocycles. The molecule has 1 heterocycles. The average molecular weight is 289 g/mol. The maximum absolute atomic E-state index is 12.3. The minimum atomic E-state index is 0.111. The summed E-state index contributed by atoms with van der Waals surface area (Å²) in [5, 5.41) is 3.04. The monoisotopic (exact) mass is 289 g/mol. The third-order valence-corrected chi connectivity index (χ3v) is 4.28. The minimum Gasteiger partial charge on any atom is -0.492 e. The highest BCUT2D eigenvalue weighted by molar-refractivity contribution is 5.94. The van der Waals surface area contributed by atoms with Gasteiger partial charge in [0.1, 0.15) is 17.6 Å². The predicted molar refractivity (Wildman–Crippen MR) is 82.0 cm³/mol. The smallest absolute Gasteiger partial charge is 0.227 e. The molecule has 2 aliphatic rings. The van der Waals surface area contributed by atoms with E-state index < -0.39 is 0 Å². The summed E-state index contributed by atoms with van der Waals surface area (Å²) in [7, 11) is 0. The van der Waals surface area contributed by atoms with E-state index in [-0.39, 0.29) is 17.9 Å². The first-order valence-electron chi connectivity index (χ1n) is 7.94. The standard InChI is InChI=1S/C17H23NO3/c1-3-20-16-9-13-8-11(2)21-15(13)10-14(16)18-17(19)12-6-4-5-7-12/h9-12H,3-8H2,1-2H3,(H,18,19). The van der Waals surface area contributed by atoms with Crippen LogP contribution in [0.3, 0.4) is 0 Å². The maximum atomic E-state index is 12.3. The normalized spacial score (nSPS) is 21.0. The molecule has 21 heavy (non-hydrogen) atoms. The highest BCUT2D eigenvalue weighted by Crippen LogP contribution is 2.38. The van der Waals surface area contributed by atoms with Gasteiger partial charge in [0.2, 0.25) is 5.91 Å². The molecule has 1 atom stereocenters. The van der Waals surface area contributed by atoms with Crippen LogP contribution in [0.1, 0.15) is 45.1 Å². The van der Waals surface area contributed by atoms with Gasteiger partial charge in [-0.05, 0) is 32.8 Å². The van der Waals surface area contributed by atoms with Crippen molar-refractivity contribution in [3.05, 3.63) is 17.7 Å². The summed E-state index contributed by atoms with van der Waals surface area (Å²) in [6.07, 6.45) is 5.38. The Bertz CT molecular complexity index is 535. The van der Waals surface area contributed by atoms with Crippen molar-refractivity contribution in [1.82, 2.24) is 0 Å². The summed E-state index contributed by atoms with van der Waals surface area (Å²) < 4.78 is 11.5. The van der Waals surface area contributed by atoms with Crippen LogP contribution in [0.5, 0.6) is 11.5 Å². The number of nitrogens with one attached hydrogen (secondary N) is 1. The zero-order chi connectivity index (χ0) is 14.8. The van der Waals surface area contributed by atoms with Crippen LogP contribution < -0.4 is 14.8 Å². The zero-order valence-electron chi connectivity index (χ0n) is 12.8. The van der Waals surface area contributed by atoms with Crippen LogP contribution in [0.25, 0.3) is 0 Å². The molecule has 1 saturated carbocycles. The van der Waals surface area contributed by atoms with Gasteiger partial charge in [-0.15, -0.1) is 0 Å². The lowest BCUT2D eigenvalue weighted by atomic mass is 10.1. The number of amides is 1. The Morgan fingerprint density at radius 2 is 2.14 bits per heavy atom. The number of fused-ring (bicyclic) bond motifs is 1. The van der Waals surface area contributed by atoms with E-state index in [0.29, 0.717) is 6.61 Å². The number of carbonyl (C=O) groups excluding carboxylic acids is 1. The van der Waals surface area contributed by atoms with Crippen molar-refractivity contribution in [2.75, 3.05) is 11.9 Å². The van der Waals surface area contributed by atoms with Crippen molar-refractivity contribution in [2.45, 2.75) is 52.1 Å². The molecule has 1 fully saturated rings. The van der Waals surface area contributed by atoms with Gasteiger partial charge in [0, 0.05) is 24.0 Å². The van der Waals surface area contributed by atoms with Gasteiger partial charge >= 0.3 is 0 Å². The van der Waals surface area contributed by atoms with E-state index in [2.05, 4.69) is 12.2 Å². The minimum absolute atomic E-state index is 0.111. The van der Waals surface area contributed by atoms with Crippen LogP contribution in [0.15, 0.2) is 12.1 Å². The molecule has 1 unspecified atom stereocenters. The molecule has 1 aliphatic heterocycles. The molecule has 0 saturated heterocycles. The second-order valence-electron chi connectivity index (χ2n) is 5.99. The largest absolute Gasteiger partial charge is 0.492 e. The number of ether oxygens (including phenoxy) is 2. The van der Waals surface area contributed by atoms with Gasteiger partial charge in [0.05, 0.1) is 12.3 Å². The Labute approximate surface area is 125 Å². The van der Waals surface area contributed by atoms with Crippen LogP contribution in [-0.2, 0) is 11.2 Å². The molecule has 4 nitrogen and oxygen atoms in total. The van der Waals surface area contributed by atoms with E-state index in [1.54, 1.807) is 0 Å². The van der Waals surface area contributed by atoms with E-state index in [9.17, 15) is 4.79 Å². The predicted octanol–water partition coefficient (Wildman–Crippen LogP) is 3.54. The Morgan fingerprint density at radius 1 is 1.38 bits per heavy atom. The van der Waals surface area contributed by atoms with Crippen molar-refractivity contribution in [3.8, 4) is 11.5 Å². The van der Waals surface area contributed by atoms with Crippen LogP contribution >= 0.6 is 0 Å². The molecule has 4 heteroatoms. The Balaban J connectivity index is 1.82. The third-order valence-electron chi connectivity index (χ3n) is 4.28. The quantitative estimate of drug-likeness (QED) is 0.922. The molecular formula is C17H23NO3. The van der Waals surface area contributed by atoms with Gasteiger partial charge in [-0.2, -0.15) is 0 Å². The topological polar surface area (TPSA) is 47.6 Å². The van der Waals surface area contributed by atoms with Gasteiger partial charge < -0.3 is 14.8 Å². The van der Waals surface area contributed by atoms with Crippen molar-refractivity contribution < 1.29 is 14.3 Å². The second-order valence-corrected chi connectivity index (χ2v) is 5.99. The summed E-state index contributed by atoms with van der Waals surface area (Å²) in [4.78, 5) is 12.3. The van der Waals surface area contributed by atoms with Crippen molar-refractivity contribution in [3.63, 3.8) is 0 Å². The fourth-order valence-corrected chi connectivity index (χ4v) is 3.23. The molecule has 1 aromatic rings. The first-order valence-corrected chi connectivity index (χ1v) is 7.94. The van der Waals surface area contributed by atoms with Crippen LogP contribution in [0, 0.1) is 5.92 Å². The molecule has 0 aromatic heterocycles. The third kappa shape index (κ3) is 2.99. The van der Waals surface area contributed by atoms with E-state index >= 15 is 0 Å². The number of hydrogen-bond donors (Lipinski definition) is 1. The lowest BCUT2D eigenvalue weighted by Gasteiger charge is -2.15. The lowest BCUT2D eigenvalue weighted by Crippen LogP contribution is -2.20. The number of benzene rings is 1. The highest BCUT2D eigenvalue weighted by Gasteiger charge is 2.26. The van der Waals surface area contributed by atoms with E-state index in [0.717, 1.165) is 54.9 Å². The lowest BCUT2D eigenvalue weighted by molar-refractivity contribution is -0.119. The van der Waals surface area contributed by atoms with Crippen LogP contribution in [-0.4, -0.2) is 18.6 Å². The molecule has 114 valence electrons. The molecule has 3 rings (SSSR count). The van der Waals surface area contributed by atoms with Gasteiger partial charge in [-0.3, -0.25) is 4.79 Å². The zero-order valence-corrected chi connectivity index (χ0v) is 12.8. The van der Waals surface area contributed by atoms with Crippen molar-refractivity contribution in [2.24, 2.45) is 5.92 Å². The Kier molecular flexibility index (Phi) is 4.04. The average Bonchev–Trinajstić information content (AvgIpc) is 3.07. The molecule has 1 amide bonds. The first kappa shape index (κ1) is 14.2. The molecule has 1 aliphatic carbocycles. The maximum Gasteiger partial charge on any atom is 0.227 e. The SMILES string of the molecule is CCOc1cc2c(cc1NC(=O)C1CCCC1)OC(C)C2. The number of hydrogen-bond acceptors (Lipinski definition) is 3. The molecule has 0 radical (unpaired) electrons. The fraction of sp³-hybridized carbons (Fsp3) is 0.588. The van der Waals surface area contributed by atoms with E-state index in [1.165, 1.54) is 0 Å². The van der Waals surface area contributed by atoms with Gasteiger partial charge in [-0.25, -0.2) is 0 Å². The van der Waals surface area contributed by atoms with Crippen LogP contribution in [0.4, 0.5) is 5.69 Å². The Morgan fingerprint density at radius 3 is 2.86 bits per heavy atom. The number of anilines is 1. The first-order chi connectivity index (χ1) is 10.2. The van der Waals surface area contributed by atoms with E-state index in [1.807, 2.05) is 19.1 Å². The summed E-state index contributed by atoms with van der Waals surface area (Å²) in [6.45, 7) is 4.59. The molecule has 0 spiro atoms. The summed E-state index contributed by atoms with van der Waals surface area (Å²) in [5.74, 6) is 1.87. The Hall–Kier alpha value is -1.71. The van der Waals surface area contributed by atoms with Gasteiger partial charge in [-0.1, -0.05) is 12.8 Å². The molecule has 0 bridgehead atoms. The van der Waals surface area contributed by atoms with Crippen molar-refractivity contribution >= 4 is 11.6 Å². The van der Waals surface area contributed by atoms with Gasteiger partial charge in [0.15, 0.2) is 0 Å². The summed E-state index contributed by atoms with van der Waals surface area (Å²) in [5.41, 5.74) is 1.89. The molecular weight excluding hydrogens is 266 g/mol. The van der Waals surface area contributed by atoms with Crippen molar-refractivity contribution in [1.29, 1.82) is 0 Å². The van der Waals surface area contributed by atoms with Crippen LogP contribution in [0.2, 0.25) is 0 Å².